The van der Waals surface area contributed by atoms with E-state index in [4.69, 9.17) is 4.74 Å². The first-order valence-corrected chi connectivity index (χ1v) is 8.13. The number of anilines is 2. The predicted octanol–water partition coefficient (Wildman–Crippen LogP) is 5.16. The highest BCUT2D eigenvalue weighted by atomic mass is 19.1. The number of amides is 1. The van der Waals surface area contributed by atoms with Crippen LogP contribution in [-0.2, 0) is 4.74 Å². The van der Waals surface area contributed by atoms with Crippen LogP contribution in [0.25, 0.3) is 0 Å². The molecule has 0 saturated heterocycles. The van der Waals surface area contributed by atoms with Gasteiger partial charge < -0.3 is 10.1 Å². The molecule has 0 aliphatic heterocycles. The molecule has 1 unspecified atom stereocenters. The largest absolute Gasteiger partial charge is 0.444 e. The van der Waals surface area contributed by atoms with Gasteiger partial charge in [0.25, 0.3) is 0 Å². The summed E-state index contributed by atoms with van der Waals surface area (Å²) in [7, 11) is 0. The summed E-state index contributed by atoms with van der Waals surface area (Å²) in [5.41, 5.74) is 0.498. The van der Waals surface area contributed by atoms with E-state index in [-0.39, 0.29) is 17.3 Å². The molecular formula is C18H27FN2O2. The van der Waals surface area contributed by atoms with E-state index in [1.807, 2.05) is 0 Å². The highest BCUT2D eigenvalue weighted by Gasteiger charge is 2.34. The van der Waals surface area contributed by atoms with Crippen LogP contribution >= 0.6 is 0 Å². The third-order valence-corrected chi connectivity index (χ3v) is 4.20. The van der Waals surface area contributed by atoms with Crippen LogP contribution in [0.1, 0.15) is 53.9 Å². The molecule has 0 bridgehead atoms. The molecule has 2 rings (SSSR count). The maximum Gasteiger partial charge on any atom is 0.412 e. The predicted molar refractivity (Wildman–Crippen MR) is 91.3 cm³/mol. The molecule has 0 heterocycles. The highest BCUT2D eigenvalue weighted by molar-refractivity contribution is 5.85. The summed E-state index contributed by atoms with van der Waals surface area (Å²) < 4.78 is 19.3. The fourth-order valence-corrected chi connectivity index (χ4v) is 2.92. The molecule has 0 aromatic heterocycles. The van der Waals surface area contributed by atoms with Crippen molar-refractivity contribution < 1.29 is 13.9 Å². The molecular weight excluding hydrogens is 295 g/mol. The van der Waals surface area contributed by atoms with Crippen LogP contribution in [0.3, 0.4) is 0 Å². The van der Waals surface area contributed by atoms with Crippen LogP contribution in [0.5, 0.6) is 0 Å². The average molecular weight is 322 g/mol. The first kappa shape index (κ1) is 17.6. The lowest BCUT2D eigenvalue weighted by atomic mass is 9.87. The van der Waals surface area contributed by atoms with Crippen molar-refractivity contribution in [1.82, 2.24) is 0 Å². The molecule has 0 radical (unpaired) electrons. The lowest BCUT2D eigenvalue weighted by Gasteiger charge is -2.29. The van der Waals surface area contributed by atoms with Gasteiger partial charge in [-0.2, -0.15) is 0 Å². The topological polar surface area (TPSA) is 50.4 Å². The van der Waals surface area contributed by atoms with E-state index in [2.05, 4.69) is 24.5 Å². The van der Waals surface area contributed by atoms with E-state index in [9.17, 15) is 9.18 Å². The lowest BCUT2D eigenvalue weighted by molar-refractivity contribution is 0.0636. The van der Waals surface area contributed by atoms with Gasteiger partial charge in [-0.25, -0.2) is 9.18 Å². The van der Waals surface area contributed by atoms with E-state index in [0.717, 1.165) is 19.3 Å². The smallest absolute Gasteiger partial charge is 0.412 e. The Bertz CT molecular complexity index is 579. The van der Waals surface area contributed by atoms with Gasteiger partial charge in [-0.15, -0.1) is 0 Å². The number of rotatable bonds is 3. The van der Waals surface area contributed by atoms with Crippen molar-refractivity contribution >= 4 is 17.5 Å². The van der Waals surface area contributed by atoms with Crippen molar-refractivity contribution in [1.29, 1.82) is 0 Å². The van der Waals surface area contributed by atoms with E-state index in [0.29, 0.717) is 11.4 Å². The quantitative estimate of drug-likeness (QED) is 0.808. The SMILES string of the molecule is CC(C)(C)OC(=O)Nc1ccc(F)c(NC2CCCC2(C)C)c1. The molecule has 1 fully saturated rings. The van der Waals surface area contributed by atoms with Crippen LogP contribution in [0.4, 0.5) is 20.6 Å². The molecule has 1 aromatic rings. The van der Waals surface area contributed by atoms with Gasteiger partial charge in [0.05, 0.1) is 5.69 Å². The zero-order valence-electron chi connectivity index (χ0n) is 14.6. The molecule has 1 saturated carbocycles. The van der Waals surface area contributed by atoms with Gasteiger partial charge in [0.2, 0.25) is 0 Å². The number of carbonyl (C=O) groups excluding carboxylic acids is 1. The summed E-state index contributed by atoms with van der Waals surface area (Å²) in [5, 5.41) is 5.94. The Balaban J connectivity index is 2.08. The average Bonchev–Trinajstić information content (AvgIpc) is 2.70. The Hall–Kier alpha value is -1.78. The molecule has 1 aliphatic carbocycles. The molecule has 23 heavy (non-hydrogen) atoms. The van der Waals surface area contributed by atoms with E-state index in [1.165, 1.54) is 12.1 Å². The van der Waals surface area contributed by atoms with Gasteiger partial charge >= 0.3 is 6.09 Å². The maximum atomic E-state index is 14.1. The second kappa shape index (κ2) is 6.38. The van der Waals surface area contributed by atoms with Crippen molar-refractivity contribution in [3.63, 3.8) is 0 Å². The highest BCUT2D eigenvalue weighted by Crippen LogP contribution is 2.39. The van der Waals surface area contributed by atoms with Crippen LogP contribution in [0, 0.1) is 11.2 Å². The number of benzene rings is 1. The van der Waals surface area contributed by atoms with Gasteiger partial charge in [-0.05, 0) is 57.2 Å². The first-order chi connectivity index (χ1) is 10.6. The summed E-state index contributed by atoms with van der Waals surface area (Å²) in [4.78, 5) is 11.8. The zero-order valence-corrected chi connectivity index (χ0v) is 14.6. The van der Waals surface area contributed by atoms with Crippen molar-refractivity contribution in [2.24, 2.45) is 5.41 Å². The molecule has 1 atom stereocenters. The summed E-state index contributed by atoms with van der Waals surface area (Å²) in [6.07, 6.45) is 2.75. The minimum absolute atomic E-state index is 0.140. The van der Waals surface area contributed by atoms with Gasteiger partial charge in [-0.1, -0.05) is 20.3 Å². The normalized spacial score (nSPS) is 20.2. The first-order valence-electron chi connectivity index (χ1n) is 8.13. The Labute approximate surface area is 137 Å². The van der Waals surface area contributed by atoms with Crippen LogP contribution in [0.2, 0.25) is 0 Å². The molecule has 4 nitrogen and oxygen atoms in total. The maximum absolute atomic E-state index is 14.1. The van der Waals surface area contributed by atoms with Crippen molar-refractivity contribution in [2.45, 2.75) is 65.5 Å². The molecule has 1 amide bonds. The number of halogens is 1. The standard InChI is InChI=1S/C18H27FN2O2/c1-17(2,3)23-16(22)20-12-8-9-13(19)14(11-12)21-15-7-6-10-18(15,4)5/h8-9,11,15,21H,6-7,10H2,1-5H3,(H,20,22). The van der Waals surface area contributed by atoms with E-state index in [1.54, 1.807) is 26.8 Å². The van der Waals surface area contributed by atoms with Gasteiger partial charge in [0.15, 0.2) is 0 Å². The second-order valence-corrected chi connectivity index (χ2v) is 7.90. The number of hydrogen-bond acceptors (Lipinski definition) is 3. The summed E-state index contributed by atoms with van der Waals surface area (Å²) in [6, 6.07) is 4.74. The molecule has 0 spiro atoms. The lowest BCUT2D eigenvalue weighted by Crippen LogP contribution is -2.31. The van der Waals surface area contributed by atoms with Crippen molar-refractivity contribution in [3.8, 4) is 0 Å². The second-order valence-electron chi connectivity index (χ2n) is 7.90. The number of ether oxygens (including phenoxy) is 1. The van der Waals surface area contributed by atoms with Crippen molar-refractivity contribution in [3.05, 3.63) is 24.0 Å². The number of carbonyl (C=O) groups is 1. The molecule has 128 valence electrons. The minimum atomic E-state index is -0.570. The third kappa shape index (κ3) is 4.85. The molecule has 5 heteroatoms. The van der Waals surface area contributed by atoms with Gasteiger partial charge in [-0.3, -0.25) is 5.32 Å². The van der Waals surface area contributed by atoms with Crippen LogP contribution in [-0.4, -0.2) is 17.7 Å². The van der Waals surface area contributed by atoms with Crippen molar-refractivity contribution in [2.75, 3.05) is 10.6 Å². The van der Waals surface area contributed by atoms with E-state index < -0.39 is 11.7 Å². The Morgan fingerprint density at radius 3 is 2.61 bits per heavy atom. The summed E-state index contributed by atoms with van der Waals surface area (Å²) >= 11 is 0. The molecule has 2 N–H and O–H groups in total. The number of hydrogen-bond donors (Lipinski definition) is 2. The third-order valence-electron chi connectivity index (χ3n) is 4.20. The molecule has 1 aromatic carbocycles. The minimum Gasteiger partial charge on any atom is -0.444 e. The molecule has 1 aliphatic rings. The fraction of sp³-hybridized carbons (Fsp3) is 0.611. The Morgan fingerprint density at radius 1 is 1.35 bits per heavy atom. The van der Waals surface area contributed by atoms with Crippen LogP contribution in [0.15, 0.2) is 18.2 Å². The fourth-order valence-electron chi connectivity index (χ4n) is 2.92. The Morgan fingerprint density at radius 2 is 2.04 bits per heavy atom. The summed E-state index contributed by atoms with van der Waals surface area (Å²) in [5.74, 6) is -0.317. The number of nitrogens with one attached hydrogen (secondary N) is 2. The monoisotopic (exact) mass is 322 g/mol. The van der Waals surface area contributed by atoms with E-state index >= 15 is 0 Å². The summed E-state index contributed by atoms with van der Waals surface area (Å²) in [6.45, 7) is 9.78. The zero-order chi connectivity index (χ0) is 17.3. The van der Waals surface area contributed by atoms with Gasteiger partial charge in [0, 0.05) is 11.7 Å². The van der Waals surface area contributed by atoms with Gasteiger partial charge in [0.1, 0.15) is 11.4 Å². The van der Waals surface area contributed by atoms with Crippen LogP contribution < -0.4 is 10.6 Å². The Kier molecular flexibility index (Phi) is 4.87.